The van der Waals surface area contributed by atoms with E-state index in [4.69, 9.17) is 9.47 Å². The quantitative estimate of drug-likeness (QED) is 0.818. The molecule has 0 unspecified atom stereocenters. The lowest BCUT2D eigenvalue weighted by Crippen LogP contribution is -2.28. The molecule has 1 heterocycles. The molecule has 0 radical (unpaired) electrons. The number of carbonyl (C=O) groups excluding carboxylic acids is 1. The van der Waals surface area contributed by atoms with Crippen molar-refractivity contribution in [3.8, 4) is 5.75 Å². The van der Waals surface area contributed by atoms with E-state index in [1.807, 2.05) is 24.3 Å². The molecule has 22 heavy (non-hydrogen) atoms. The van der Waals surface area contributed by atoms with Gasteiger partial charge in [0, 0.05) is 19.9 Å². The van der Waals surface area contributed by atoms with Crippen LogP contribution in [-0.2, 0) is 17.8 Å². The number of methoxy groups -OCH3 is 2. The summed E-state index contributed by atoms with van der Waals surface area (Å²) in [5.41, 5.74) is 1.63. The fraction of sp³-hybridized carbons (Fsp3) is 0.333. The summed E-state index contributed by atoms with van der Waals surface area (Å²) in [7, 11) is 3.25. The lowest BCUT2D eigenvalue weighted by atomic mass is 10.2. The Morgan fingerprint density at radius 3 is 2.73 bits per heavy atom. The van der Waals surface area contributed by atoms with E-state index in [1.165, 1.54) is 0 Å². The third kappa shape index (κ3) is 4.78. The molecule has 2 aromatic rings. The highest BCUT2D eigenvalue weighted by molar-refractivity contribution is 5.88. The molecule has 0 aliphatic carbocycles. The van der Waals surface area contributed by atoms with Crippen LogP contribution in [0.5, 0.6) is 5.75 Å². The second kappa shape index (κ2) is 8.04. The van der Waals surface area contributed by atoms with Crippen LogP contribution in [0.1, 0.15) is 5.56 Å². The third-order valence-corrected chi connectivity index (χ3v) is 3.03. The predicted octanol–water partition coefficient (Wildman–Crippen LogP) is 1.86. The van der Waals surface area contributed by atoms with Gasteiger partial charge in [-0.1, -0.05) is 12.1 Å². The Bertz CT molecular complexity index is 595. The minimum atomic E-state index is -0.276. The first-order valence-electron chi connectivity index (χ1n) is 6.90. The molecule has 1 aromatic carbocycles. The Balaban J connectivity index is 1.78. The molecule has 2 amide bonds. The summed E-state index contributed by atoms with van der Waals surface area (Å²) in [5.74, 6) is 0.789. The van der Waals surface area contributed by atoms with Gasteiger partial charge in [-0.2, -0.15) is 5.10 Å². The summed E-state index contributed by atoms with van der Waals surface area (Å²) in [6, 6.07) is 7.25. The van der Waals surface area contributed by atoms with Crippen molar-refractivity contribution in [1.82, 2.24) is 15.1 Å². The molecule has 2 rings (SSSR count). The smallest absolute Gasteiger partial charge is 0.319 e. The summed E-state index contributed by atoms with van der Waals surface area (Å²) >= 11 is 0. The Hall–Kier alpha value is -2.54. The molecule has 0 saturated carbocycles. The number of ether oxygens (including phenoxy) is 2. The molecule has 0 atom stereocenters. The molecule has 1 aromatic heterocycles. The molecule has 2 N–H and O–H groups in total. The molecule has 118 valence electrons. The van der Waals surface area contributed by atoms with Crippen molar-refractivity contribution in [1.29, 1.82) is 0 Å². The first-order valence-corrected chi connectivity index (χ1v) is 6.90. The second-order valence-corrected chi connectivity index (χ2v) is 4.64. The molecule has 7 nitrogen and oxygen atoms in total. The number of amides is 2. The van der Waals surface area contributed by atoms with Gasteiger partial charge in [-0.05, 0) is 17.7 Å². The molecule has 0 fully saturated rings. The topological polar surface area (TPSA) is 77.4 Å². The number of hydrogen-bond donors (Lipinski definition) is 2. The van der Waals surface area contributed by atoms with Gasteiger partial charge in [-0.15, -0.1) is 0 Å². The van der Waals surface area contributed by atoms with Crippen LogP contribution in [0, 0.1) is 0 Å². The van der Waals surface area contributed by atoms with Gasteiger partial charge in [-0.3, -0.25) is 4.68 Å². The van der Waals surface area contributed by atoms with Crippen LogP contribution in [0.2, 0.25) is 0 Å². The maximum absolute atomic E-state index is 11.8. The van der Waals surface area contributed by atoms with Gasteiger partial charge in [0.25, 0.3) is 0 Å². The van der Waals surface area contributed by atoms with Crippen molar-refractivity contribution in [2.45, 2.75) is 13.1 Å². The van der Waals surface area contributed by atoms with Crippen molar-refractivity contribution in [3.05, 3.63) is 42.2 Å². The van der Waals surface area contributed by atoms with Crippen LogP contribution in [0.25, 0.3) is 0 Å². The lowest BCUT2D eigenvalue weighted by Gasteiger charge is -2.07. The second-order valence-electron chi connectivity index (χ2n) is 4.64. The minimum Gasteiger partial charge on any atom is -0.497 e. The summed E-state index contributed by atoms with van der Waals surface area (Å²) in [5, 5.41) is 9.64. The molecule has 0 spiro atoms. The molecule has 0 saturated heterocycles. The van der Waals surface area contributed by atoms with Crippen LogP contribution in [-0.4, -0.2) is 36.6 Å². The predicted molar refractivity (Wildman–Crippen MR) is 83.0 cm³/mol. The van der Waals surface area contributed by atoms with E-state index in [9.17, 15) is 4.79 Å². The van der Waals surface area contributed by atoms with Gasteiger partial charge < -0.3 is 20.1 Å². The van der Waals surface area contributed by atoms with Gasteiger partial charge in [0.15, 0.2) is 0 Å². The SMILES string of the molecule is COCCn1cc(NC(=O)NCc2ccc(OC)cc2)cn1. The van der Waals surface area contributed by atoms with Crippen LogP contribution >= 0.6 is 0 Å². The van der Waals surface area contributed by atoms with E-state index >= 15 is 0 Å². The first kappa shape index (κ1) is 15.8. The number of benzene rings is 1. The van der Waals surface area contributed by atoms with Gasteiger partial charge in [0.1, 0.15) is 5.75 Å². The number of aromatic nitrogens is 2. The number of rotatable bonds is 7. The van der Waals surface area contributed by atoms with E-state index in [1.54, 1.807) is 31.3 Å². The molecular formula is C15H20N4O3. The van der Waals surface area contributed by atoms with Crippen LogP contribution in [0.4, 0.5) is 10.5 Å². The lowest BCUT2D eigenvalue weighted by molar-refractivity contribution is 0.183. The average Bonchev–Trinajstić information content (AvgIpc) is 2.98. The Morgan fingerprint density at radius 1 is 1.27 bits per heavy atom. The molecule has 0 aliphatic heterocycles. The number of carbonyl (C=O) groups is 1. The number of nitrogens with zero attached hydrogens (tertiary/aromatic N) is 2. The van der Waals surface area contributed by atoms with Gasteiger partial charge >= 0.3 is 6.03 Å². The molecular weight excluding hydrogens is 284 g/mol. The standard InChI is InChI=1S/C15H20N4O3/c1-21-8-7-19-11-13(10-17-19)18-15(20)16-9-12-3-5-14(22-2)6-4-12/h3-6,10-11H,7-9H2,1-2H3,(H2,16,18,20). The molecule has 0 bridgehead atoms. The average molecular weight is 304 g/mol. The van der Waals surface area contributed by atoms with Crippen LogP contribution in [0.15, 0.2) is 36.7 Å². The van der Waals surface area contributed by atoms with E-state index in [0.29, 0.717) is 25.4 Å². The highest BCUT2D eigenvalue weighted by Crippen LogP contribution is 2.11. The summed E-state index contributed by atoms with van der Waals surface area (Å²) in [6.45, 7) is 1.66. The number of anilines is 1. The third-order valence-electron chi connectivity index (χ3n) is 3.03. The normalized spacial score (nSPS) is 10.3. The van der Waals surface area contributed by atoms with Crippen molar-refractivity contribution in [2.75, 3.05) is 26.1 Å². The largest absolute Gasteiger partial charge is 0.497 e. The highest BCUT2D eigenvalue weighted by atomic mass is 16.5. The minimum absolute atomic E-state index is 0.276. The van der Waals surface area contributed by atoms with E-state index in [2.05, 4.69) is 15.7 Å². The summed E-state index contributed by atoms with van der Waals surface area (Å²) in [4.78, 5) is 11.8. The Kier molecular flexibility index (Phi) is 5.79. The van der Waals surface area contributed by atoms with E-state index < -0.39 is 0 Å². The van der Waals surface area contributed by atoms with Gasteiger partial charge in [0.05, 0.1) is 32.1 Å². The van der Waals surface area contributed by atoms with E-state index in [-0.39, 0.29) is 6.03 Å². The summed E-state index contributed by atoms with van der Waals surface area (Å²) in [6.07, 6.45) is 3.36. The monoisotopic (exact) mass is 304 g/mol. The Morgan fingerprint density at radius 2 is 2.05 bits per heavy atom. The molecule has 7 heteroatoms. The van der Waals surface area contributed by atoms with Crippen molar-refractivity contribution >= 4 is 11.7 Å². The zero-order chi connectivity index (χ0) is 15.8. The van der Waals surface area contributed by atoms with E-state index in [0.717, 1.165) is 11.3 Å². The first-order chi connectivity index (χ1) is 10.7. The van der Waals surface area contributed by atoms with Crippen molar-refractivity contribution in [3.63, 3.8) is 0 Å². The highest BCUT2D eigenvalue weighted by Gasteiger charge is 2.04. The number of nitrogens with one attached hydrogen (secondary N) is 2. The zero-order valence-corrected chi connectivity index (χ0v) is 12.7. The fourth-order valence-electron chi connectivity index (χ4n) is 1.84. The summed E-state index contributed by atoms with van der Waals surface area (Å²) < 4.78 is 11.8. The van der Waals surface area contributed by atoms with Crippen molar-refractivity contribution < 1.29 is 14.3 Å². The maximum Gasteiger partial charge on any atom is 0.319 e. The maximum atomic E-state index is 11.8. The zero-order valence-electron chi connectivity index (χ0n) is 12.7. The fourth-order valence-corrected chi connectivity index (χ4v) is 1.84. The van der Waals surface area contributed by atoms with Gasteiger partial charge in [0.2, 0.25) is 0 Å². The van der Waals surface area contributed by atoms with Crippen LogP contribution < -0.4 is 15.4 Å². The van der Waals surface area contributed by atoms with Gasteiger partial charge in [-0.25, -0.2) is 4.79 Å². The van der Waals surface area contributed by atoms with Crippen molar-refractivity contribution in [2.24, 2.45) is 0 Å². The molecule has 0 aliphatic rings. The number of hydrogen-bond acceptors (Lipinski definition) is 4. The number of urea groups is 1. The Labute approximate surface area is 129 Å². The van der Waals surface area contributed by atoms with Crippen LogP contribution in [0.3, 0.4) is 0 Å².